The molecule has 0 bridgehead atoms. The van der Waals surface area contributed by atoms with Crippen LogP contribution in [0.4, 0.5) is 5.69 Å². The Kier molecular flexibility index (Phi) is 3.26. The number of aliphatic carboxylic acids is 1. The summed E-state index contributed by atoms with van der Waals surface area (Å²) in [6.45, 7) is 0.832. The van der Waals surface area contributed by atoms with E-state index in [-0.39, 0.29) is 12.4 Å². The van der Waals surface area contributed by atoms with Gasteiger partial charge in [-0.3, -0.25) is 0 Å². The van der Waals surface area contributed by atoms with E-state index in [2.05, 4.69) is 11.4 Å². The molecule has 0 aromatic heterocycles. The second-order valence-electron chi connectivity index (χ2n) is 4.04. The van der Waals surface area contributed by atoms with Gasteiger partial charge in [-0.25, -0.2) is 4.79 Å². The fourth-order valence-corrected chi connectivity index (χ4v) is 2.17. The Labute approximate surface area is 110 Å². The fourth-order valence-electron chi connectivity index (χ4n) is 2.17. The topological polar surface area (TPSA) is 49.3 Å². The van der Waals surface area contributed by atoms with Gasteiger partial charge in [0.2, 0.25) is 0 Å². The Balaban J connectivity index is 0.00000120. The number of hydrogen-bond acceptors (Lipinski definition) is 2. The lowest BCUT2D eigenvalue weighted by Crippen LogP contribution is -2.26. The van der Waals surface area contributed by atoms with Crippen molar-refractivity contribution < 1.29 is 9.90 Å². The van der Waals surface area contributed by atoms with Crippen molar-refractivity contribution in [2.24, 2.45) is 0 Å². The van der Waals surface area contributed by atoms with Gasteiger partial charge in [0.1, 0.15) is 0 Å². The molecule has 0 unspecified atom stereocenters. The summed E-state index contributed by atoms with van der Waals surface area (Å²) in [7, 11) is 0. The normalized spacial score (nSPS) is 14.8. The maximum Gasteiger partial charge on any atom is 0.335 e. The number of carboxylic acid groups (broad SMARTS) is 1. The van der Waals surface area contributed by atoms with E-state index in [1.807, 2.05) is 24.3 Å². The Morgan fingerprint density at radius 1 is 1.17 bits per heavy atom. The lowest BCUT2D eigenvalue weighted by atomic mass is 10.1. The third-order valence-electron chi connectivity index (χ3n) is 3.04. The molecular weight excluding hydrogens is 250 g/mol. The molecule has 1 aromatic rings. The maximum absolute atomic E-state index is 10.9. The Morgan fingerprint density at radius 2 is 2.00 bits per heavy atom. The molecule has 1 aliphatic carbocycles. The molecule has 0 fully saturated rings. The first-order valence-corrected chi connectivity index (χ1v) is 5.46. The molecule has 0 atom stereocenters. The van der Waals surface area contributed by atoms with Crippen LogP contribution < -0.4 is 15.8 Å². The van der Waals surface area contributed by atoms with E-state index >= 15 is 0 Å². The molecule has 2 aliphatic rings. The van der Waals surface area contributed by atoms with Crippen molar-refractivity contribution in [1.82, 2.24) is 0 Å². The van der Waals surface area contributed by atoms with Gasteiger partial charge in [-0.1, -0.05) is 24.3 Å². The molecule has 0 radical (unpaired) electrons. The molecule has 1 aliphatic heterocycles. The SMILES string of the molecule is Cl.O=C(O)C1=CC=c2c(ccc3c2=CCN3)C=C1. The highest BCUT2D eigenvalue weighted by Crippen LogP contribution is 2.09. The summed E-state index contributed by atoms with van der Waals surface area (Å²) in [5.74, 6) is -0.899. The molecule has 0 amide bonds. The zero-order valence-corrected chi connectivity index (χ0v) is 10.3. The fraction of sp³-hybridized carbons (Fsp3) is 0.0714. The van der Waals surface area contributed by atoms with Crippen LogP contribution in [0.2, 0.25) is 0 Å². The number of nitrogens with one attached hydrogen (secondary N) is 1. The second kappa shape index (κ2) is 4.70. The average Bonchev–Trinajstić information content (AvgIpc) is 2.67. The standard InChI is InChI=1S/C14H11NO2.ClH/c16-14(17)10-2-1-9-4-6-13-12(7-8-15-13)11(9)5-3-10;/h1-7,15H,8H2,(H,16,17);1H. The molecule has 0 saturated heterocycles. The van der Waals surface area contributed by atoms with Crippen LogP contribution in [-0.2, 0) is 4.79 Å². The van der Waals surface area contributed by atoms with Crippen LogP contribution in [0, 0.1) is 0 Å². The lowest BCUT2D eigenvalue weighted by Gasteiger charge is -2.00. The first kappa shape index (κ1) is 12.5. The Morgan fingerprint density at radius 3 is 2.78 bits per heavy atom. The highest BCUT2D eigenvalue weighted by atomic mass is 35.5. The zero-order valence-electron chi connectivity index (χ0n) is 9.51. The van der Waals surface area contributed by atoms with Gasteiger partial charge < -0.3 is 10.4 Å². The molecule has 4 heteroatoms. The molecule has 0 spiro atoms. The van der Waals surface area contributed by atoms with Gasteiger partial charge in [0.15, 0.2) is 0 Å². The van der Waals surface area contributed by atoms with Gasteiger partial charge >= 0.3 is 5.97 Å². The Hall–Kier alpha value is -2.00. The van der Waals surface area contributed by atoms with Gasteiger partial charge in [-0.15, -0.1) is 12.4 Å². The molecule has 0 saturated carbocycles. The van der Waals surface area contributed by atoms with Gasteiger partial charge in [0.05, 0.1) is 5.57 Å². The van der Waals surface area contributed by atoms with Crippen LogP contribution >= 0.6 is 12.4 Å². The van der Waals surface area contributed by atoms with Gasteiger partial charge in [-0.05, 0) is 29.0 Å². The maximum atomic E-state index is 10.9. The number of hydrogen-bond donors (Lipinski definition) is 2. The highest BCUT2D eigenvalue weighted by Gasteiger charge is 2.08. The number of carbonyl (C=O) groups is 1. The molecule has 3 nitrogen and oxygen atoms in total. The van der Waals surface area contributed by atoms with E-state index in [1.54, 1.807) is 12.2 Å². The van der Waals surface area contributed by atoms with Gasteiger partial charge in [0, 0.05) is 17.5 Å². The quantitative estimate of drug-likeness (QED) is 0.797. The molecule has 1 aromatic carbocycles. The van der Waals surface area contributed by atoms with Crippen LogP contribution in [0.3, 0.4) is 0 Å². The van der Waals surface area contributed by atoms with E-state index in [9.17, 15) is 4.79 Å². The minimum Gasteiger partial charge on any atom is -0.478 e. The minimum atomic E-state index is -0.899. The van der Waals surface area contributed by atoms with Crippen molar-refractivity contribution >= 4 is 42.3 Å². The van der Waals surface area contributed by atoms with Crippen molar-refractivity contribution in [3.63, 3.8) is 0 Å². The number of allylic oxidation sites excluding steroid dienone is 1. The first-order chi connectivity index (χ1) is 8.25. The molecule has 3 rings (SSSR count). The Bertz CT molecular complexity index is 686. The number of fused-ring (bicyclic) bond motifs is 3. The van der Waals surface area contributed by atoms with Crippen LogP contribution in [0.1, 0.15) is 5.56 Å². The summed E-state index contributed by atoms with van der Waals surface area (Å²) in [4.78, 5) is 10.9. The van der Waals surface area contributed by atoms with E-state index in [0.717, 1.165) is 28.2 Å². The zero-order chi connectivity index (χ0) is 11.8. The van der Waals surface area contributed by atoms with Gasteiger partial charge in [-0.2, -0.15) is 0 Å². The van der Waals surface area contributed by atoms with Crippen LogP contribution in [0.5, 0.6) is 0 Å². The predicted molar refractivity (Wildman–Crippen MR) is 75.1 cm³/mol. The molecule has 1 heterocycles. The van der Waals surface area contributed by atoms with E-state index in [0.29, 0.717) is 5.57 Å². The predicted octanol–water partition coefficient (Wildman–Crippen LogP) is 1.13. The van der Waals surface area contributed by atoms with E-state index in [1.165, 1.54) is 0 Å². The lowest BCUT2D eigenvalue weighted by molar-refractivity contribution is -0.132. The minimum absolute atomic E-state index is 0. The summed E-state index contributed by atoms with van der Waals surface area (Å²) in [5.41, 5.74) is 2.47. The third-order valence-corrected chi connectivity index (χ3v) is 3.04. The molecule has 18 heavy (non-hydrogen) atoms. The summed E-state index contributed by atoms with van der Waals surface area (Å²) in [6, 6.07) is 4.04. The molecule has 92 valence electrons. The summed E-state index contributed by atoms with van der Waals surface area (Å²) in [5, 5.41) is 14.5. The average molecular weight is 262 g/mol. The van der Waals surface area contributed by atoms with Crippen LogP contribution in [0.25, 0.3) is 18.2 Å². The number of rotatable bonds is 1. The highest BCUT2D eigenvalue weighted by molar-refractivity contribution is 5.93. The molecular formula is C14H12ClNO2. The van der Waals surface area contributed by atoms with Crippen LogP contribution in [-0.4, -0.2) is 17.6 Å². The smallest absolute Gasteiger partial charge is 0.335 e. The number of anilines is 1. The molecule has 2 N–H and O–H groups in total. The first-order valence-electron chi connectivity index (χ1n) is 5.46. The van der Waals surface area contributed by atoms with Crippen LogP contribution in [0.15, 0.2) is 29.9 Å². The van der Waals surface area contributed by atoms with Crippen molar-refractivity contribution in [2.75, 3.05) is 11.9 Å². The summed E-state index contributed by atoms with van der Waals surface area (Å²) in [6.07, 6.45) is 9.14. The summed E-state index contributed by atoms with van der Waals surface area (Å²) >= 11 is 0. The van der Waals surface area contributed by atoms with Gasteiger partial charge in [0.25, 0.3) is 0 Å². The van der Waals surface area contributed by atoms with Crippen molar-refractivity contribution in [3.05, 3.63) is 45.9 Å². The second-order valence-corrected chi connectivity index (χ2v) is 4.04. The number of carboxylic acids is 1. The van der Waals surface area contributed by atoms with E-state index in [4.69, 9.17) is 5.11 Å². The van der Waals surface area contributed by atoms with E-state index < -0.39 is 5.97 Å². The number of benzene rings is 1. The van der Waals surface area contributed by atoms with Crippen molar-refractivity contribution in [2.45, 2.75) is 0 Å². The largest absolute Gasteiger partial charge is 0.478 e. The number of halogens is 1. The van der Waals surface area contributed by atoms with Crippen molar-refractivity contribution in [3.8, 4) is 0 Å². The third kappa shape index (κ3) is 1.93. The summed E-state index contributed by atoms with van der Waals surface area (Å²) < 4.78 is 0. The van der Waals surface area contributed by atoms with Crippen molar-refractivity contribution in [1.29, 1.82) is 0 Å². The monoisotopic (exact) mass is 261 g/mol.